The summed E-state index contributed by atoms with van der Waals surface area (Å²) in [5.74, 6) is 0.529. The molecule has 0 unspecified atom stereocenters. The number of piperazine rings is 1. The lowest BCUT2D eigenvalue weighted by atomic mass is 10.3. The van der Waals surface area contributed by atoms with E-state index < -0.39 is 0 Å². The molecule has 2 heterocycles. The molecule has 1 aliphatic heterocycles. The Kier molecular flexibility index (Phi) is 6.71. The van der Waals surface area contributed by atoms with Gasteiger partial charge in [0.2, 0.25) is 0 Å². The number of hydrogen-bond acceptors (Lipinski definition) is 5. The van der Waals surface area contributed by atoms with E-state index in [0.29, 0.717) is 5.88 Å². The van der Waals surface area contributed by atoms with Gasteiger partial charge in [-0.05, 0) is 14.1 Å². The zero-order chi connectivity index (χ0) is 14.4. The maximum absolute atomic E-state index is 5.78. The van der Waals surface area contributed by atoms with Gasteiger partial charge in [0.15, 0.2) is 0 Å². The molecule has 0 aliphatic carbocycles. The molecule has 2 rings (SSSR count). The van der Waals surface area contributed by atoms with E-state index in [1.807, 2.05) is 0 Å². The Balaban J connectivity index is 1.64. The molecule has 6 heteroatoms. The first-order chi connectivity index (χ1) is 9.67. The van der Waals surface area contributed by atoms with E-state index in [-0.39, 0.29) is 0 Å². The molecule has 1 fully saturated rings. The molecule has 20 heavy (non-hydrogen) atoms. The predicted octanol–water partition coefficient (Wildman–Crippen LogP) is 1.60. The summed E-state index contributed by atoms with van der Waals surface area (Å²) in [6, 6.07) is 0. The fraction of sp³-hybridized carbons (Fsp3) is 0.786. The molecule has 4 nitrogen and oxygen atoms in total. The van der Waals surface area contributed by atoms with Gasteiger partial charge < -0.3 is 9.80 Å². The Morgan fingerprint density at radius 2 is 1.85 bits per heavy atom. The van der Waals surface area contributed by atoms with Crippen molar-refractivity contribution in [3.8, 4) is 0 Å². The summed E-state index contributed by atoms with van der Waals surface area (Å²) >= 11 is 7.52. The summed E-state index contributed by atoms with van der Waals surface area (Å²) in [7, 11) is 4.28. The first kappa shape index (κ1) is 16.2. The Labute approximate surface area is 131 Å². The van der Waals surface area contributed by atoms with Crippen LogP contribution in [0.4, 0.5) is 0 Å². The summed E-state index contributed by atoms with van der Waals surface area (Å²) in [4.78, 5) is 11.9. The molecule has 0 saturated carbocycles. The van der Waals surface area contributed by atoms with Crippen molar-refractivity contribution in [1.82, 2.24) is 19.7 Å². The standard InChI is InChI=1S/C14H25ClN4S/c1-17(2)5-6-19-9-7-18(8-10-19)4-3-14-16-13(11-15)12-20-14/h12H,3-11H2,1-2H3. The van der Waals surface area contributed by atoms with Gasteiger partial charge in [-0.1, -0.05) is 0 Å². The van der Waals surface area contributed by atoms with Gasteiger partial charge in [0.05, 0.1) is 16.6 Å². The highest BCUT2D eigenvalue weighted by atomic mass is 35.5. The summed E-state index contributed by atoms with van der Waals surface area (Å²) in [5, 5.41) is 3.29. The maximum Gasteiger partial charge on any atom is 0.0941 e. The van der Waals surface area contributed by atoms with Crippen molar-refractivity contribution in [2.45, 2.75) is 12.3 Å². The average molecular weight is 317 g/mol. The van der Waals surface area contributed by atoms with Crippen molar-refractivity contribution in [3.63, 3.8) is 0 Å². The molecule has 114 valence electrons. The van der Waals surface area contributed by atoms with Crippen LogP contribution in [0.15, 0.2) is 5.38 Å². The number of likely N-dealkylation sites (N-methyl/N-ethyl adjacent to an activating group) is 1. The van der Waals surface area contributed by atoms with Crippen molar-refractivity contribution < 1.29 is 0 Å². The van der Waals surface area contributed by atoms with Gasteiger partial charge in [-0.2, -0.15) is 0 Å². The number of nitrogens with zero attached hydrogens (tertiary/aromatic N) is 4. The highest BCUT2D eigenvalue weighted by molar-refractivity contribution is 7.09. The summed E-state index contributed by atoms with van der Waals surface area (Å²) in [6.07, 6.45) is 1.05. The van der Waals surface area contributed by atoms with Crippen LogP contribution in [0.5, 0.6) is 0 Å². The number of rotatable bonds is 7. The van der Waals surface area contributed by atoms with E-state index in [1.54, 1.807) is 11.3 Å². The Bertz CT molecular complexity index is 388. The highest BCUT2D eigenvalue weighted by Gasteiger charge is 2.16. The Hall–Kier alpha value is -0.200. The van der Waals surface area contributed by atoms with E-state index >= 15 is 0 Å². The number of aromatic nitrogens is 1. The second-order valence-electron chi connectivity index (χ2n) is 5.60. The fourth-order valence-corrected chi connectivity index (χ4v) is 3.37. The lowest BCUT2D eigenvalue weighted by Gasteiger charge is -2.35. The first-order valence-electron chi connectivity index (χ1n) is 7.26. The van der Waals surface area contributed by atoms with Crippen molar-refractivity contribution in [2.24, 2.45) is 0 Å². The molecule has 1 aromatic rings. The van der Waals surface area contributed by atoms with Gasteiger partial charge in [0.25, 0.3) is 0 Å². The third-order valence-corrected chi connectivity index (χ3v) is 4.94. The Morgan fingerprint density at radius 3 is 2.40 bits per heavy atom. The average Bonchev–Trinajstić information content (AvgIpc) is 2.92. The molecule has 0 bridgehead atoms. The molecular weight excluding hydrogens is 292 g/mol. The quantitative estimate of drug-likeness (QED) is 0.713. The summed E-state index contributed by atoms with van der Waals surface area (Å²) in [6.45, 7) is 8.21. The molecule has 0 atom stereocenters. The van der Waals surface area contributed by atoms with Crippen LogP contribution in [-0.2, 0) is 12.3 Å². The topological polar surface area (TPSA) is 22.6 Å². The van der Waals surface area contributed by atoms with Crippen LogP contribution < -0.4 is 0 Å². The van der Waals surface area contributed by atoms with Gasteiger partial charge in [0.1, 0.15) is 0 Å². The minimum atomic E-state index is 0.529. The van der Waals surface area contributed by atoms with E-state index in [1.165, 1.54) is 37.7 Å². The van der Waals surface area contributed by atoms with Gasteiger partial charge in [-0.3, -0.25) is 4.90 Å². The van der Waals surface area contributed by atoms with Crippen LogP contribution in [0.1, 0.15) is 10.7 Å². The van der Waals surface area contributed by atoms with Crippen LogP contribution in [0, 0.1) is 0 Å². The summed E-state index contributed by atoms with van der Waals surface area (Å²) in [5.41, 5.74) is 1.01. The van der Waals surface area contributed by atoms with Crippen LogP contribution in [0.25, 0.3) is 0 Å². The van der Waals surface area contributed by atoms with E-state index in [2.05, 4.69) is 39.2 Å². The number of thiazole rings is 1. The third kappa shape index (κ3) is 5.30. The molecule has 1 aromatic heterocycles. The number of alkyl halides is 1. The van der Waals surface area contributed by atoms with E-state index in [0.717, 1.165) is 25.2 Å². The molecule has 0 amide bonds. The van der Waals surface area contributed by atoms with Gasteiger partial charge >= 0.3 is 0 Å². The number of halogens is 1. The van der Waals surface area contributed by atoms with Crippen molar-refractivity contribution in [1.29, 1.82) is 0 Å². The molecule has 0 aromatic carbocycles. The zero-order valence-corrected chi connectivity index (χ0v) is 14.1. The SMILES string of the molecule is CN(C)CCN1CCN(CCc2nc(CCl)cs2)CC1. The summed E-state index contributed by atoms with van der Waals surface area (Å²) < 4.78 is 0. The van der Waals surface area contributed by atoms with Crippen LogP contribution in [0.3, 0.4) is 0 Å². The fourth-order valence-electron chi connectivity index (χ4n) is 2.36. The molecule has 1 saturated heterocycles. The zero-order valence-electron chi connectivity index (χ0n) is 12.5. The smallest absolute Gasteiger partial charge is 0.0941 e. The van der Waals surface area contributed by atoms with Gasteiger partial charge in [-0.25, -0.2) is 4.98 Å². The molecule has 1 aliphatic rings. The predicted molar refractivity (Wildman–Crippen MR) is 86.8 cm³/mol. The second-order valence-corrected chi connectivity index (χ2v) is 6.81. The second kappa shape index (κ2) is 8.29. The largest absolute Gasteiger partial charge is 0.308 e. The van der Waals surface area contributed by atoms with Gasteiger partial charge in [-0.15, -0.1) is 22.9 Å². The minimum Gasteiger partial charge on any atom is -0.308 e. The monoisotopic (exact) mass is 316 g/mol. The minimum absolute atomic E-state index is 0.529. The lowest BCUT2D eigenvalue weighted by molar-refractivity contribution is 0.126. The molecule has 0 radical (unpaired) electrons. The highest BCUT2D eigenvalue weighted by Crippen LogP contribution is 2.13. The molecule has 0 N–H and O–H groups in total. The van der Waals surface area contributed by atoms with E-state index in [9.17, 15) is 0 Å². The van der Waals surface area contributed by atoms with Crippen LogP contribution in [-0.4, -0.2) is 79.6 Å². The van der Waals surface area contributed by atoms with Crippen LogP contribution >= 0.6 is 22.9 Å². The van der Waals surface area contributed by atoms with Crippen molar-refractivity contribution >= 4 is 22.9 Å². The lowest BCUT2D eigenvalue weighted by Crippen LogP contribution is -2.48. The Morgan fingerprint density at radius 1 is 1.20 bits per heavy atom. The first-order valence-corrected chi connectivity index (χ1v) is 8.67. The number of hydrogen-bond donors (Lipinski definition) is 0. The van der Waals surface area contributed by atoms with Crippen molar-refractivity contribution in [3.05, 3.63) is 16.1 Å². The van der Waals surface area contributed by atoms with Crippen molar-refractivity contribution in [2.75, 3.05) is 59.9 Å². The maximum atomic E-state index is 5.78. The normalized spacial score (nSPS) is 18.0. The molecular formula is C14H25ClN4S. The van der Waals surface area contributed by atoms with Gasteiger partial charge in [0, 0.05) is 57.6 Å². The molecule has 0 spiro atoms. The van der Waals surface area contributed by atoms with E-state index in [4.69, 9.17) is 11.6 Å². The van der Waals surface area contributed by atoms with Crippen LogP contribution in [0.2, 0.25) is 0 Å². The third-order valence-electron chi connectivity index (χ3n) is 3.71.